The van der Waals surface area contributed by atoms with E-state index in [0.29, 0.717) is 18.1 Å². The highest BCUT2D eigenvalue weighted by molar-refractivity contribution is 7.84. The summed E-state index contributed by atoms with van der Waals surface area (Å²) < 4.78 is 17.6. The molecule has 1 N–H and O–H groups in total. The maximum atomic E-state index is 13.2. The second kappa shape index (κ2) is 7.98. The Labute approximate surface area is 151 Å². The molecule has 0 amide bonds. The van der Waals surface area contributed by atoms with Gasteiger partial charge in [0.1, 0.15) is 11.5 Å². The monoisotopic (exact) mass is 365 g/mol. The number of carbonyl (C=O) groups is 1. The van der Waals surface area contributed by atoms with E-state index in [4.69, 9.17) is 4.74 Å². The highest BCUT2D eigenvalue weighted by Crippen LogP contribution is 2.34. The first-order valence-electron chi connectivity index (χ1n) is 8.95. The number of benzene rings is 1. The van der Waals surface area contributed by atoms with E-state index >= 15 is 0 Å². The highest BCUT2D eigenvalue weighted by atomic mass is 32.2. The molecule has 0 spiro atoms. The van der Waals surface area contributed by atoms with E-state index in [2.05, 4.69) is 4.90 Å². The topological polar surface area (TPSA) is 66.8 Å². The molecule has 0 saturated carbocycles. The molecule has 0 aliphatic carbocycles. The average Bonchev–Trinajstić information content (AvgIpc) is 2.64. The molecule has 6 heteroatoms. The van der Waals surface area contributed by atoms with Crippen molar-refractivity contribution in [1.82, 2.24) is 4.90 Å². The lowest BCUT2D eigenvalue weighted by Gasteiger charge is -2.45. The molecule has 3 fully saturated rings. The minimum Gasteiger partial charge on any atom is -0.460 e. The quantitative estimate of drug-likeness (QED) is 0.739. The number of aliphatic hydroxyl groups is 1. The molecule has 138 valence electrons. The number of piperidine rings is 3. The van der Waals surface area contributed by atoms with Gasteiger partial charge in [0.15, 0.2) is 0 Å². The molecule has 3 atom stereocenters. The summed E-state index contributed by atoms with van der Waals surface area (Å²) in [7, 11) is -1.04. The largest absolute Gasteiger partial charge is 0.460 e. The van der Waals surface area contributed by atoms with Crippen LogP contribution in [0.3, 0.4) is 0 Å². The van der Waals surface area contributed by atoms with Crippen LogP contribution < -0.4 is 0 Å². The van der Waals surface area contributed by atoms with Crippen LogP contribution in [0.2, 0.25) is 0 Å². The Morgan fingerprint density at radius 1 is 1.32 bits per heavy atom. The third kappa shape index (κ3) is 3.96. The molecule has 2 unspecified atom stereocenters. The lowest BCUT2D eigenvalue weighted by Crippen LogP contribution is -2.54. The maximum Gasteiger partial charge on any atom is 0.319 e. The zero-order valence-corrected chi connectivity index (χ0v) is 15.5. The summed E-state index contributed by atoms with van der Waals surface area (Å²) in [5, 5.41) is 10.2. The van der Waals surface area contributed by atoms with Crippen LogP contribution in [0.1, 0.15) is 24.8 Å². The molecule has 3 aliphatic heterocycles. The van der Waals surface area contributed by atoms with E-state index in [0.717, 1.165) is 38.0 Å². The van der Waals surface area contributed by atoms with Gasteiger partial charge in [0.25, 0.3) is 0 Å². The van der Waals surface area contributed by atoms with Crippen LogP contribution in [0.15, 0.2) is 30.3 Å². The number of nitrogens with zero attached hydrogens (tertiary/aromatic N) is 1. The van der Waals surface area contributed by atoms with Crippen molar-refractivity contribution in [3.05, 3.63) is 35.9 Å². The van der Waals surface area contributed by atoms with Gasteiger partial charge < -0.3 is 9.84 Å². The lowest BCUT2D eigenvalue weighted by molar-refractivity contribution is -0.167. The van der Waals surface area contributed by atoms with E-state index in [1.54, 1.807) is 6.26 Å². The third-order valence-corrected chi connectivity index (χ3v) is 6.44. The van der Waals surface area contributed by atoms with Gasteiger partial charge in [0.05, 0.1) is 6.61 Å². The second-order valence-electron chi connectivity index (χ2n) is 7.22. The minimum atomic E-state index is -1.14. The highest BCUT2D eigenvalue weighted by Gasteiger charge is 2.45. The molecule has 0 radical (unpaired) electrons. The van der Waals surface area contributed by atoms with Crippen molar-refractivity contribution in [2.45, 2.75) is 30.8 Å². The Bertz CT molecular complexity index is 615. The number of ether oxygens (including phenoxy) is 1. The molecular weight excluding hydrogens is 338 g/mol. The van der Waals surface area contributed by atoms with Crippen LogP contribution >= 0.6 is 0 Å². The van der Waals surface area contributed by atoms with Gasteiger partial charge in [-0.1, -0.05) is 30.3 Å². The van der Waals surface area contributed by atoms with Crippen molar-refractivity contribution in [2.24, 2.45) is 5.92 Å². The SMILES string of the molecule is CS(=O)CC[C@](CO)(C(=O)OC1CN2CCC1CC2)c1ccccc1. The predicted octanol–water partition coefficient (Wildman–Crippen LogP) is 1.32. The summed E-state index contributed by atoms with van der Waals surface area (Å²) in [6, 6.07) is 9.26. The van der Waals surface area contributed by atoms with Gasteiger partial charge in [0.2, 0.25) is 0 Å². The molecule has 1 aromatic carbocycles. The van der Waals surface area contributed by atoms with Gasteiger partial charge >= 0.3 is 5.97 Å². The van der Waals surface area contributed by atoms with Crippen molar-refractivity contribution in [1.29, 1.82) is 0 Å². The van der Waals surface area contributed by atoms with E-state index in [1.165, 1.54) is 0 Å². The third-order valence-electron chi connectivity index (χ3n) is 5.66. The zero-order valence-electron chi connectivity index (χ0n) is 14.7. The zero-order chi connectivity index (χ0) is 17.9. The van der Waals surface area contributed by atoms with Crippen LogP contribution in [0.4, 0.5) is 0 Å². The predicted molar refractivity (Wildman–Crippen MR) is 97.8 cm³/mol. The van der Waals surface area contributed by atoms with Crippen LogP contribution in [-0.4, -0.2) is 64.5 Å². The Hall–Kier alpha value is -1.24. The summed E-state index contributed by atoms with van der Waals surface area (Å²) in [6.45, 7) is 2.61. The number of esters is 1. The first-order valence-corrected chi connectivity index (χ1v) is 10.7. The van der Waals surface area contributed by atoms with Crippen molar-refractivity contribution in [3.8, 4) is 0 Å². The molecule has 1 aromatic rings. The van der Waals surface area contributed by atoms with E-state index in [9.17, 15) is 14.1 Å². The van der Waals surface area contributed by atoms with Crippen LogP contribution in [0.25, 0.3) is 0 Å². The summed E-state index contributed by atoms with van der Waals surface area (Å²) in [5.74, 6) is 0.386. The summed E-state index contributed by atoms with van der Waals surface area (Å²) in [5.41, 5.74) is -0.409. The molecule has 2 bridgehead atoms. The number of aliphatic hydroxyl groups excluding tert-OH is 1. The van der Waals surface area contributed by atoms with Gasteiger partial charge in [-0.2, -0.15) is 0 Å². The van der Waals surface area contributed by atoms with Crippen LogP contribution in [0.5, 0.6) is 0 Å². The van der Waals surface area contributed by atoms with Crippen molar-refractivity contribution in [2.75, 3.05) is 38.2 Å². The maximum absolute atomic E-state index is 13.2. The fourth-order valence-corrected chi connectivity index (χ4v) is 4.60. The molecule has 5 nitrogen and oxygen atoms in total. The summed E-state index contributed by atoms with van der Waals surface area (Å²) >= 11 is 0. The Morgan fingerprint density at radius 2 is 2.00 bits per heavy atom. The summed E-state index contributed by atoms with van der Waals surface area (Å²) in [6.07, 6.45) is 3.96. The smallest absolute Gasteiger partial charge is 0.319 e. The van der Waals surface area contributed by atoms with E-state index in [1.807, 2.05) is 30.3 Å². The van der Waals surface area contributed by atoms with E-state index in [-0.39, 0.29) is 18.7 Å². The first-order chi connectivity index (χ1) is 12.0. The molecule has 3 saturated heterocycles. The van der Waals surface area contributed by atoms with Crippen LogP contribution in [0, 0.1) is 5.92 Å². The number of fused-ring (bicyclic) bond motifs is 3. The second-order valence-corrected chi connectivity index (χ2v) is 8.77. The molecule has 3 heterocycles. The fraction of sp³-hybridized carbons (Fsp3) is 0.632. The number of hydrogen-bond donors (Lipinski definition) is 1. The Morgan fingerprint density at radius 3 is 2.52 bits per heavy atom. The Balaban J connectivity index is 1.82. The van der Waals surface area contributed by atoms with Gasteiger partial charge in [-0.15, -0.1) is 0 Å². The van der Waals surface area contributed by atoms with Crippen molar-refractivity contribution in [3.63, 3.8) is 0 Å². The average molecular weight is 365 g/mol. The number of hydrogen-bond acceptors (Lipinski definition) is 5. The number of rotatable bonds is 7. The standard InChI is InChI=1S/C19H27NO4S/c1-25(23)12-9-19(14-21,16-5-3-2-4-6-16)18(22)24-17-13-20-10-7-15(17)8-11-20/h2-6,15,17,21H,7-14H2,1H3/t17?,19-,25?/m1/s1. The molecule has 4 rings (SSSR count). The van der Waals surface area contributed by atoms with Gasteiger partial charge in [-0.05, 0) is 43.8 Å². The first kappa shape index (κ1) is 18.5. The van der Waals surface area contributed by atoms with E-state index < -0.39 is 16.2 Å². The summed E-state index contributed by atoms with van der Waals surface area (Å²) in [4.78, 5) is 15.5. The van der Waals surface area contributed by atoms with Crippen LogP contribution in [-0.2, 0) is 25.7 Å². The molecular formula is C19H27NO4S. The van der Waals surface area contributed by atoms with Gasteiger partial charge in [-0.25, -0.2) is 0 Å². The minimum absolute atomic E-state index is 0.100. The normalized spacial score (nSPS) is 29.0. The number of carbonyl (C=O) groups excluding carboxylic acids is 1. The molecule has 0 aromatic heterocycles. The van der Waals surface area contributed by atoms with Gasteiger partial charge in [0, 0.05) is 29.4 Å². The fourth-order valence-electron chi connectivity index (χ4n) is 3.97. The molecule has 3 aliphatic rings. The Kier molecular flexibility index (Phi) is 5.92. The molecule has 25 heavy (non-hydrogen) atoms. The van der Waals surface area contributed by atoms with Crippen molar-refractivity contribution >= 4 is 16.8 Å². The van der Waals surface area contributed by atoms with Crippen molar-refractivity contribution < 1.29 is 18.8 Å². The lowest BCUT2D eigenvalue weighted by atomic mass is 9.78. The van der Waals surface area contributed by atoms with Gasteiger partial charge in [-0.3, -0.25) is 13.9 Å².